The Labute approximate surface area is 119 Å². The first-order valence-corrected chi connectivity index (χ1v) is 6.92. The minimum absolute atomic E-state index is 0.0840. The van der Waals surface area contributed by atoms with E-state index in [1.165, 1.54) is 5.56 Å². The van der Waals surface area contributed by atoms with Gasteiger partial charge in [0.1, 0.15) is 18.4 Å². The molecule has 1 aromatic carbocycles. The maximum Gasteiger partial charge on any atom is 0.313 e. The van der Waals surface area contributed by atoms with Crippen LogP contribution in [0.5, 0.6) is 0 Å². The summed E-state index contributed by atoms with van der Waals surface area (Å²) < 4.78 is 5.37. The number of rotatable bonds is 5. The molecule has 1 saturated heterocycles. The summed E-state index contributed by atoms with van der Waals surface area (Å²) >= 11 is 0. The molecule has 0 aromatic heterocycles. The maximum atomic E-state index is 11.5. The Bertz CT molecular complexity index is 461. The van der Waals surface area contributed by atoms with Gasteiger partial charge in [-0.1, -0.05) is 30.3 Å². The quantitative estimate of drug-likeness (QED) is 0.485. The summed E-state index contributed by atoms with van der Waals surface area (Å²) in [6.07, 6.45) is 1.70. The van der Waals surface area contributed by atoms with Gasteiger partial charge in [0.15, 0.2) is 0 Å². The van der Waals surface area contributed by atoms with Crippen LogP contribution in [0.2, 0.25) is 0 Å². The van der Waals surface area contributed by atoms with Crippen LogP contribution in [0.3, 0.4) is 0 Å². The zero-order valence-corrected chi connectivity index (χ0v) is 11.5. The van der Waals surface area contributed by atoms with Gasteiger partial charge in [-0.3, -0.25) is 15.1 Å². The topological polar surface area (TPSA) is 79.4 Å². The molecule has 1 fully saturated rings. The molecule has 1 atom stereocenters. The standard InChI is InChI=1S/C15H21N3O2/c16-14(17)9-15(19)20-13-7-4-8-18(11-13)10-12-5-2-1-3-6-12/h1-3,5-6,13H,4,7-11H2,(H3,16,17). The zero-order valence-electron chi connectivity index (χ0n) is 11.5. The van der Waals surface area contributed by atoms with E-state index in [9.17, 15) is 4.79 Å². The van der Waals surface area contributed by atoms with Crippen molar-refractivity contribution in [1.29, 1.82) is 5.41 Å². The van der Waals surface area contributed by atoms with Gasteiger partial charge >= 0.3 is 5.97 Å². The van der Waals surface area contributed by atoms with Crippen molar-refractivity contribution in [2.45, 2.75) is 31.9 Å². The van der Waals surface area contributed by atoms with Crippen LogP contribution in [0, 0.1) is 5.41 Å². The third-order valence-corrected chi connectivity index (χ3v) is 3.34. The minimum Gasteiger partial charge on any atom is -0.461 e. The fourth-order valence-electron chi connectivity index (χ4n) is 2.48. The number of likely N-dealkylation sites (tertiary alicyclic amines) is 1. The number of hydrogen-bond donors (Lipinski definition) is 2. The number of carbonyl (C=O) groups is 1. The highest BCUT2D eigenvalue weighted by Crippen LogP contribution is 2.16. The lowest BCUT2D eigenvalue weighted by Gasteiger charge is -2.32. The van der Waals surface area contributed by atoms with E-state index in [1.807, 2.05) is 18.2 Å². The lowest BCUT2D eigenvalue weighted by Crippen LogP contribution is -2.40. The molecule has 108 valence electrons. The number of esters is 1. The molecule has 3 N–H and O–H groups in total. The van der Waals surface area contributed by atoms with E-state index in [1.54, 1.807) is 0 Å². The molecule has 0 saturated carbocycles. The number of nitrogens with zero attached hydrogens (tertiary/aromatic N) is 1. The summed E-state index contributed by atoms with van der Waals surface area (Å²) in [6, 6.07) is 10.3. The number of carbonyl (C=O) groups excluding carboxylic acids is 1. The van der Waals surface area contributed by atoms with E-state index >= 15 is 0 Å². The first-order chi connectivity index (χ1) is 9.63. The SMILES string of the molecule is N=C(N)CC(=O)OC1CCCN(Cc2ccccc2)C1. The molecule has 1 heterocycles. The molecule has 0 amide bonds. The maximum absolute atomic E-state index is 11.5. The molecule has 5 nitrogen and oxygen atoms in total. The van der Waals surface area contributed by atoms with Crippen LogP contribution in [-0.2, 0) is 16.1 Å². The number of nitrogens with two attached hydrogens (primary N) is 1. The van der Waals surface area contributed by atoms with Crippen molar-refractivity contribution in [2.75, 3.05) is 13.1 Å². The average Bonchev–Trinajstić information content (AvgIpc) is 2.39. The predicted molar refractivity (Wildman–Crippen MR) is 77.4 cm³/mol. The fourth-order valence-corrected chi connectivity index (χ4v) is 2.48. The first-order valence-electron chi connectivity index (χ1n) is 6.92. The highest BCUT2D eigenvalue weighted by molar-refractivity contribution is 5.94. The van der Waals surface area contributed by atoms with Crippen molar-refractivity contribution in [2.24, 2.45) is 5.73 Å². The van der Waals surface area contributed by atoms with Crippen LogP contribution in [0.15, 0.2) is 30.3 Å². The molecule has 1 aliphatic heterocycles. The second kappa shape index (κ2) is 7.05. The van der Waals surface area contributed by atoms with Crippen molar-refractivity contribution in [3.63, 3.8) is 0 Å². The fraction of sp³-hybridized carbons (Fsp3) is 0.467. The monoisotopic (exact) mass is 275 g/mol. The summed E-state index contributed by atoms with van der Waals surface area (Å²) in [4.78, 5) is 13.8. The van der Waals surface area contributed by atoms with Gasteiger partial charge < -0.3 is 10.5 Å². The predicted octanol–water partition coefficient (Wildman–Crippen LogP) is 1.52. The first kappa shape index (κ1) is 14.5. The van der Waals surface area contributed by atoms with Gasteiger partial charge in [-0.2, -0.15) is 0 Å². The van der Waals surface area contributed by atoms with Crippen LogP contribution in [0.1, 0.15) is 24.8 Å². The van der Waals surface area contributed by atoms with Crippen LogP contribution >= 0.6 is 0 Å². The molecule has 0 spiro atoms. The van der Waals surface area contributed by atoms with Gasteiger partial charge in [0.05, 0.1) is 0 Å². The van der Waals surface area contributed by atoms with E-state index < -0.39 is 5.97 Å². The number of ether oxygens (including phenoxy) is 1. The highest BCUT2D eigenvalue weighted by atomic mass is 16.5. The van der Waals surface area contributed by atoms with Crippen LogP contribution in [0.25, 0.3) is 0 Å². The van der Waals surface area contributed by atoms with Crippen LogP contribution in [-0.4, -0.2) is 35.9 Å². The smallest absolute Gasteiger partial charge is 0.313 e. The van der Waals surface area contributed by atoms with Gasteiger partial charge in [0.25, 0.3) is 0 Å². The van der Waals surface area contributed by atoms with E-state index in [0.29, 0.717) is 0 Å². The lowest BCUT2D eigenvalue weighted by atomic mass is 10.1. The third kappa shape index (κ3) is 4.66. The van der Waals surface area contributed by atoms with Gasteiger partial charge in [-0.15, -0.1) is 0 Å². The number of piperidine rings is 1. The van der Waals surface area contributed by atoms with Gasteiger partial charge in [-0.25, -0.2) is 0 Å². The number of hydrogen-bond acceptors (Lipinski definition) is 4. The average molecular weight is 275 g/mol. The van der Waals surface area contributed by atoms with Gasteiger partial charge in [0.2, 0.25) is 0 Å². The number of benzene rings is 1. The molecule has 1 aliphatic rings. The van der Waals surface area contributed by atoms with E-state index in [-0.39, 0.29) is 18.4 Å². The largest absolute Gasteiger partial charge is 0.461 e. The normalized spacial score (nSPS) is 19.5. The summed E-state index contributed by atoms with van der Waals surface area (Å²) in [6.45, 7) is 2.65. The molecule has 5 heteroatoms. The van der Waals surface area contributed by atoms with Crippen molar-refractivity contribution in [1.82, 2.24) is 4.90 Å². The Hall–Kier alpha value is -1.88. The van der Waals surface area contributed by atoms with Crippen LogP contribution < -0.4 is 5.73 Å². The molecule has 0 bridgehead atoms. The Morgan fingerprint density at radius 1 is 1.40 bits per heavy atom. The summed E-state index contributed by atoms with van der Waals surface area (Å²) in [7, 11) is 0. The van der Waals surface area contributed by atoms with Crippen LogP contribution in [0.4, 0.5) is 0 Å². The molecule has 1 unspecified atom stereocenters. The minimum atomic E-state index is -0.399. The van der Waals surface area contributed by atoms with E-state index in [2.05, 4.69) is 17.0 Å². The van der Waals surface area contributed by atoms with Crippen molar-refractivity contribution in [3.8, 4) is 0 Å². The zero-order chi connectivity index (χ0) is 14.4. The molecule has 0 aliphatic carbocycles. The highest BCUT2D eigenvalue weighted by Gasteiger charge is 2.23. The molecule has 2 rings (SSSR count). The van der Waals surface area contributed by atoms with Gasteiger partial charge in [-0.05, 0) is 24.9 Å². The Morgan fingerprint density at radius 2 is 2.15 bits per heavy atom. The Kier molecular flexibility index (Phi) is 5.12. The van der Waals surface area contributed by atoms with E-state index in [4.69, 9.17) is 15.9 Å². The lowest BCUT2D eigenvalue weighted by molar-refractivity contribution is -0.150. The molecule has 0 radical (unpaired) electrons. The molecule has 20 heavy (non-hydrogen) atoms. The number of amidine groups is 1. The van der Waals surface area contributed by atoms with Crippen molar-refractivity contribution >= 4 is 11.8 Å². The Balaban J connectivity index is 1.82. The van der Waals surface area contributed by atoms with Crippen molar-refractivity contribution in [3.05, 3.63) is 35.9 Å². The third-order valence-electron chi connectivity index (χ3n) is 3.34. The number of nitrogens with one attached hydrogen (secondary N) is 1. The molecule has 1 aromatic rings. The second-order valence-electron chi connectivity index (χ2n) is 5.18. The molecular formula is C15H21N3O2. The molecular weight excluding hydrogens is 254 g/mol. The van der Waals surface area contributed by atoms with Crippen molar-refractivity contribution < 1.29 is 9.53 Å². The summed E-state index contributed by atoms with van der Waals surface area (Å²) in [5.41, 5.74) is 6.47. The second-order valence-corrected chi connectivity index (χ2v) is 5.18. The van der Waals surface area contributed by atoms with Gasteiger partial charge in [0, 0.05) is 13.1 Å². The summed E-state index contributed by atoms with van der Waals surface area (Å²) in [5.74, 6) is -0.545. The Morgan fingerprint density at radius 3 is 2.85 bits per heavy atom. The summed E-state index contributed by atoms with van der Waals surface area (Å²) in [5, 5.41) is 7.10. The van der Waals surface area contributed by atoms with E-state index in [0.717, 1.165) is 32.5 Å².